The lowest BCUT2D eigenvalue weighted by molar-refractivity contribution is -0.307. The molecule has 7 heteroatoms. The Morgan fingerprint density at radius 3 is 2.32 bits per heavy atom. The maximum absolute atomic E-state index is 13.5. The van der Waals surface area contributed by atoms with Gasteiger partial charge >= 0.3 is 0 Å². The molecule has 0 saturated heterocycles. The Balaban J connectivity index is 2.60. The van der Waals surface area contributed by atoms with Gasteiger partial charge < -0.3 is 29.6 Å². The van der Waals surface area contributed by atoms with Gasteiger partial charge in [-0.05, 0) is 40.8 Å². The summed E-state index contributed by atoms with van der Waals surface area (Å²) in [5, 5.41) is 30.7. The Kier molecular flexibility index (Phi) is 8.59. The van der Waals surface area contributed by atoms with Gasteiger partial charge in [0.2, 0.25) is 0 Å². The van der Waals surface area contributed by atoms with Crippen LogP contribution in [0.4, 0.5) is 4.39 Å². The van der Waals surface area contributed by atoms with Crippen molar-refractivity contribution >= 4 is 12.0 Å². The molecule has 6 nitrogen and oxygen atoms in total. The van der Waals surface area contributed by atoms with E-state index >= 15 is 0 Å². The second kappa shape index (κ2) is 10.9. The molecule has 0 aromatic heterocycles. The molecule has 2 aromatic rings. The predicted octanol–water partition coefficient (Wildman–Crippen LogP) is 2.90. The maximum Gasteiger partial charge on any atom is 0.169 e. The van der Waals surface area contributed by atoms with Gasteiger partial charge in [-0.15, -0.1) is 0 Å². The highest BCUT2D eigenvalue weighted by Crippen LogP contribution is 2.45. The van der Waals surface area contributed by atoms with E-state index in [9.17, 15) is 24.5 Å². The van der Waals surface area contributed by atoms with Crippen molar-refractivity contribution < 1.29 is 34.0 Å². The lowest BCUT2D eigenvalue weighted by Crippen LogP contribution is -2.29. The van der Waals surface area contributed by atoms with E-state index in [1.54, 1.807) is 18.2 Å². The summed E-state index contributed by atoms with van der Waals surface area (Å²) in [6, 6.07) is 7.82. The fourth-order valence-corrected chi connectivity index (χ4v) is 3.43. The topological polar surface area (TPSA) is 99.0 Å². The average Bonchev–Trinajstić information content (AvgIpc) is 2.70. The van der Waals surface area contributed by atoms with E-state index in [0.717, 1.165) is 11.1 Å². The molecule has 31 heavy (non-hydrogen) atoms. The number of hydrogen-bond acceptors (Lipinski definition) is 6. The molecule has 0 bridgehead atoms. The van der Waals surface area contributed by atoms with E-state index in [-0.39, 0.29) is 18.2 Å². The van der Waals surface area contributed by atoms with Crippen molar-refractivity contribution in [1.82, 2.24) is 0 Å². The van der Waals surface area contributed by atoms with E-state index in [1.807, 2.05) is 19.9 Å². The van der Waals surface area contributed by atoms with Gasteiger partial charge in [-0.2, -0.15) is 0 Å². The second-order valence-corrected chi connectivity index (χ2v) is 7.54. The second-order valence-electron chi connectivity index (χ2n) is 7.54. The first-order valence-electron chi connectivity index (χ1n) is 9.96. The average molecular weight is 431 g/mol. The number of aliphatic carboxylic acids is 1. The van der Waals surface area contributed by atoms with Crippen LogP contribution in [0.3, 0.4) is 0 Å². The number of carboxylic acid groups (broad SMARTS) is 1. The van der Waals surface area contributed by atoms with Crippen molar-refractivity contribution in [3.8, 4) is 22.6 Å². The van der Waals surface area contributed by atoms with Gasteiger partial charge in [-0.25, -0.2) is 4.39 Å². The van der Waals surface area contributed by atoms with Gasteiger partial charge in [-0.1, -0.05) is 38.1 Å². The lowest BCUT2D eigenvalue weighted by atomic mass is 9.88. The number of rotatable bonds is 10. The molecule has 0 aliphatic carbocycles. The molecule has 0 fully saturated rings. The maximum atomic E-state index is 13.5. The molecule has 0 amide bonds. The summed E-state index contributed by atoms with van der Waals surface area (Å²) in [4.78, 5) is 10.6. The zero-order chi connectivity index (χ0) is 23.1. The molecule has 2 aromatic carbocycles. The quantitative estimate of drug-likeness (QED) is 0.600. The fraction of sp³-hybridized carbons (Fsp3) is 0.375. The SMILES string of the molecule is COc1cc(C(C)C)c(/C=C/C(O)CC(O)CC(=O)[O-])c(-c2ccc(F)cc2)c1OC. The number of benzene rings is 2. The fourth-order valence-electron chi connectivity index (χ4n) is 3.43. The number of carbonyl (C=O) groups is 1. The highest BCUT2D eigenvalue weighted by molar-refractivity contribution is 5.85. The minimum absolute atomic E-state index is 0.0828. The van der Waals surface area contributed by atoms with Crippen molar-refractivity contribution in [2.45, 2.75) is 44.8 Å². The molecular weight excluding hydrogens is 403 g/mol. The monoisotopic (exact) mass is 431 g/mol. The van der Waals surface area contributed by atoms with E-state index in [1.165, 1.54) is 32.4 Å². The molecule has 0 aliphatic heterocycles. The summed E-state index contributed by atoms with van der Waals surface area (Å²) in [5.41, 5.74) is 3.03. The molecule has 2 atom stereocenters. The van der Waals surface area contributed by atoms with Gasteiger partial charge in [-0.3, -0.25) is 0 Å². The summed E-state index contributed by atoms with van der Waals surface area (Å²) >= 11 is 0. The summed E-state index contributed by atoms with van der Waals surface area (Å²) in [5.74, 6) is -0.690. The van der Waals surface area contributed by atoms with Crippen molar-refractivity contribution in [1.29, 1.82) is 0 Å². The number of halogens is 1. The number of aliphatic hydroxyl groups is 2. The smallest absolute Gasteiger partial charge is 0.169 e. The van der Waals surface area contributed by atoms with Crippen LogP contribution in [-0.2, 0) is 4.79 Å². The Morgan fingerprint density at radius 2 is 1.81 bits per heavy atom. The number of hydrogen-bond donors (Lipinski definition) is 2. The van der Waals surface area contributed by atoms with Gasteiger partial charge in [0, 0.05) is 24.4 Å². The van der Waals surface area contributed by atoms with E-state index in [2.05, 4.69) is 0 Å². The third-order valence-electron chi connectivity index (χ3n) is 4.90. The number of aliphatic hydroxyl groups excluding tert-OH is 2. The van der Waals surface area contributed by atoms with Crippen molar-refractivity contribution in [3.05, 3.63) is 53.4 Å². The van der Waals surface area contributed by atoms with Crippen LogP contribution < -0.4 is 14.6 Å². The zero-order valence-electron chi connectivity index (χ0n) is 18.1. The van der Waals surface area contributed by atoms with Crippen LogP contribution in [0, 0.1) is 5.82 Å². The normalized spacial score (nSPS) is 13.4. The molecule has 0 spiro atoms. The predicted molar refractivity (Wildman–Crippen MR) is 114 cm³/mol. The number of carboxylic acids is 1. The van der Waals surface area contributed by atoms with Crippen LogP contribution >= 0.6 is 0 Å². The molecule has 2 rings (SSSR count). The first-order chi connectivity index (χ1) is 14.7. The summed E-state index contributed by atoms with van der Waals surface area (Å²) in [6.45, 7) is 4.01. The number of ether oxygens (including phenoxy) is 2. The first-order valence-corrected chi connectivity index (χ1v) is 9.96. The molecule has 0 heterocycles. The Hall–Kier alpha value is -2.90. The third kappa shape index (κ3) is 6.29. The number of methoxy groups -OCH3 is 2. The van der Waals surface area contributed by atoms with Gasteiger partial charge in [0.05, 0.1) is 26.4 Å². The van der Waals surface area contributed by atoms with Crippen molar-refractivity contribution in [2.75, 3.05) is 14.2 Å². The Labute approximate surface area is 181 Å². The van der Waals surface area contributed by atoms with Crippen LogP contribution in [-0.4, -0.2) is 42.6 Å². The minimum atomic E-state index is -1.38. The van der Waals surface area contributed by atoms with Crippen LogP contribution in [0.1, 0.15) is 43.7 Å². The van der Waals surface area contributed by atoms with Crippen LogP contribution in [0.5, 0.6) is 11.5 Å². The molecule has 0 radical (unpaired) electrons. The highest BCUT2D eigenvalue weighted by Gasteiger charge is 2.21. The number of carbonyl (C=O) groups excluding carboxylic acids is 1. The van der Waals surface area contributed by atoms with E-state index in [4.69, 9.17) is 9.47 Å². The van der Waals surface area contributed by atoms with E-state index < -0.39 is 24.6 Å². The Bertz CT molecular complexity index is 921. The summed E-state index contributed by atoms with van der Waals surface area (Å²) in [7, 11) is 3.05. The molecule has 0 aliphatic rings. The van der Waals surface area contributed by atoms with Gasteiger partial charge in [0.1, 0.15) is 5.82 Å². The molecular formula is C24H28FO6-. The van der Waals surface area contributed by atoms with E-state index in [0.29, 0.717) is 22.6 Å². The zero-order valence-corrected chi connectivity index (χ0v) is 18.1. The molecule has 0 saturated carbocycles. The summed E-state index contributed by atoms with van der Waals surface area (Å²) < 4.78 is 24.7. The first kappa shape index (κ1) is 24.4. The largest absolute Gasteiger partial charge is 0.550 e. The van der Waals surface area contributed by atoms with Crippen molar-refractivity contribution in [3.63, 3.8) is 0 Å². The van der Waals surface area contributed by atoms with Crippen LogP contribution in [0.2, 0.25) is 0 Å². The van der Waals surface area contributed by atoms with Gasteiger partial charge in [0.15, 0.2) is 11.5 Å². The summed E-state index contributed by atoms with van der Waals surface area (Å²) in [6.07, 6.45) is 0.171. The highest BCUT2D eigenvalue weighted by atomic mass is 19.1. The third-order valence-corrected chi connectivity index (χ3v) is 4.90. The molecule has 168 valence electrons. The Morgan fingerprint density at radius 1 is 1.16 bits per heavy atom. The van der Waals surface area contributed by atoms with Crippen LogP contribution in [0.25, 0.3) is 17.2 Å². The van der Waals surface area contributed by atoms with Crippen molar-refractivity contribution in [2.24, 2.45) is 0 Å². The minimum Gasteiger partial charge on any atom is -0.550 e. The molecule has 2 N–H and O–H groups in total. The standard InChI is InChI=1S/C24H29FO6/c1-14(2)20-13-21(30-3)24(31-4)23(15-5-7-16(25)8-6-15)19(20)10-9-17(26)11-18(27)12-22(28)29/h5-10,13-14,17-18,26-27H,11-12H2,1-4H3,(H,28,29)/p-1/b10-9+. The lowest BCUT2D eigenvalue weighted by Gasteiger charge is -2.21. The van der Waals surface area contributed by atoms with Crippen LogP contribution in [0.15, 0.2) is 36.4 Å². The van der Waals surface area contributed by atoms with Gasteiger partial charge in [0.25, 0.3) is 0 Å². The molecule has 2 unspecified atom stereocenters.